The monoisotopic (exact) mass is 382 g/mol. The molecule has 3 N–H and O–H groups in total. The molecule has 1 unspecified atom stereocenters. The van der Waals surface area contributed by atoms with Gasteiger partial charge in [0.05, 0.1) is 12.0 Å². The van der Waals surface area contributed by atoms with Gasteiger partial charge in [-0.25, -0.2) is 0 Å². The molecular formula is C19H31ClN4O2. The summed E-state index contributed by atoms with van der Waals surface area (Å²) >= 11 is 0. The molecule has 1 aromatic carbocycles. The average molecular weight is 383 g/mol. The number of likely N-dealkylation sites (N-methyl/N-ethyl adjacent to an activating group) is 1. The van der Waals surface area contributed by atoms with Crippen LogP contribution in [0.5, 0.6) is 0 Å². The second kappa shape index (κ2) is 9.90. The number of halogens is 1. The van der Waals surface area contributed by atoms with Crippen LogP contribution < -0.4 is 11.1 Å². The molecule has 146 valence electrons. The van der Waals surface area contributed by atoms with Crippen LogP contribution in [-0.4, -0.2) is 60.4 Å². The zero-order valence-electron chi connectivity index (χ0n) is 16.0. The lowest BCUT2D eigenvalue weighted by Gasteiger charge is -2.32. The first-order valence-electron chi connectivity index (χ1n) is 8.97. The Balaban J connectivity index is 0.00000338. The van der Waals surface area contributed by atoms with Gasteiger partial charge in [-0.1, -0.05) is 25.5 Å². The van der Waals surface area contributed by atoms with Crippen LogP contribution in [0.15, 0.2) is 24.3 Å². The van der Waals surface area contributed by atoms with Crippen LogP contribution in [0.2, 0.25) is 0 Å². The van der Waals surface area contributed by atoms with E-state index in [-0.39, 0.29) is 24.2 Å². The molecule has 0 aromatic heterocycles. The first-order chi connectivity index (χ1) is 11.8. The van der Waals surface area contributed by atoms with Gasteiger partial charge in [-0.05, 0) is 38.1 Å². The third kappa shape index (κ3) is 6.27. The van der Waals surface area contributed by atoms with Crippen LogP contribution in [0.4, 0.5) is 5.69 Å². The Bertz CT molecular complexity index is 613. The van der Waals surface area contributed by atoms with Gasteiger partial charge in [-0.15, -0.1) is 12.4 Å². The summed E-state index contributed by atoms with van der Waals surface area (Å²) in [6, 6.07) is 7.45. The second-order valence-corrected chi connectivity index (χ2v) is 7.18. The number of nitrogens with two attached hydrogens (primary N) is 1. The number of carbonyl (C=O) groups is 2. The van der Waals surface area contributed by atoms with Crippen molar-refractivity contribution in [1.29, 1.82) is 0 Å². The highest BCUT2D eigenvalue weighted by molar-refractivity contribution is 5.97. The second-order valence-electron chi connectivity index (χ2n) is 7.18. The van der Waals surface area contributed by atoms with Gasteiger partial charge in [-0.3, -0.25) is 9.59 Å². The van der Waals surface area contributed by atoms with Crippen molar-refractivity contribution < 1.29 is 9.59 Å². The maximum absolute atomic E-state index is 12.5. The standard InChI is InChI=1S/C19H30N4O2.ClH/c1-4-8-19(2,20)18(25)21-16-7-5-6-15(13-16)14-17(24)23-11-9-22(3)10-12-23;/h5-7,13H,4,8-12,14,20H2,1-3H3,(H,21,25);1H. The average Bonchev–Trinajstić information content (AvgIpc) is 2.55. The van der Waals surface area contributed by atoms with E-state index in [9.17, 15) is 9.59 Å². The van der Waals surface area contributed by atoms with Crippen LogP contribution in [0.25, 0.3) is 0 Å². The number of carbonyl (C=O) groups excluding carboxylic acids is 2. The lowest BCUT2D eigenvalue weighted by atomic mass is 9.96. The summed E-state index contributed by atoms with van der Waals surface area (Å²) in [5.74, 6) is -0.0666. The molecule has 0 radical (unpaired) electrons. The molecule has 1 heterocycles. The van der Waals surface area contributed by atoms with E-state index in [1.807, 2.05) is 36.1 Å². The zero-order chi connectivity index (χ0) is 18.4. The molecule has 1 aromatic rings. The minimum absolute atomic E-state index is 0. The molecule has 0 saturated carbocycles. The van der Waals surface area contributed by atoms with Crippen molar-refractivity contribution in [2.75, 3.05) is 38.5 Å². The molecular weight excluding hydrogens is 352 g/mol. The lowest BCUT2D eigenvalue weighted by molar-refractivity contribution is -0.132. The van der Waals surface area contributed by atoms with Crippen molar-refractivity contribution in [1.82, 2.24) is 9.80 Å². The van der Waals surface area contributed by atoms with Gasteiger partial charge in [0.25, 0.3) is 0 Å². The Hall–Kier alpha value is -1.63. The topological polar surface area (TPSA) is 78.7 Å². The van der Waals surface area contributed by atoms with Gasteiger partial charge in [0.1, 0.15) is 0 Å². The summed E-state index contributed by atoms with van der Waals surface area (Å²) in [6.07, 6.45) is 1.82. The summed E-state index contributed by atoms with van der Waals surface area (Å²) in [5.41, 5.74) is 6.76. The molecule has 1 aliphatic rings. The SMILES string of the molecule is CCCC(C)(N)C(=O)Nc1cccc(CC(=O)N2CCN(C)CC2)c1.Cl. The summed E-state index contributed by atoms with van der Waals surface area (Å²) in [6.45, 7) is 7.11. The number of anilines is 1. The predicted molar refractivity (Wildman–Crippen MR) is 108 cm³/mol. The van der Waals surface area contributed by atoms with E-state index in [4.69, 9.17) is 5.73 Å². The molecule has 2 amide bonds. The van der Waals surface area contributed by atoms with E-state index in [2.05, 4.69) is 17.3 Å². The van der Waals surface area contributed by atoms with E-state index >= 15 is 0 Å². The van der Waals surface area contributed by atoms with Gasteiger partial charge in [-0.2, -0.15) is 0 Å². The molecule has 0 aliphatic carbocycles. The quantitative estimate of drug-likeness (QED) is 0.787. The van der Waals surface area contributed by atoms with Gasteiger partial charge >= 0.3 is 0 Å². The van der Waals surface area contributed by atoms with Gasteiger partial charge < -0.3 is 20.9 Å². The summed E-state index contributed by atoms with van der Waals surface area (Å²) in [5, 5.41) is 2.87. The maximum Gasteiger partial charge on any atom is 0.244 e. The van der Waals surface area contributed by atoms with Crippen LogP contribution in [-0.2, 0) is 16.0 Å². The Morgan fingerprint density at radius 2 is 1.88 bits per heavy atom. The first kappa shape index (κ1) is 22.4. The fourth-order valence-electron chi connectivity index (χ4n) is 3.01. The zero-order valence-corrected chi connectivity index (χ0v) is 16.8. The van der Waals surface area contributed by atoms with E-state index in [0.717, 1.165) is 38.2 Å². The molecule has 26 heavy (non-hydrogen) atoms. The van der Waals surface area contributed by atoms with Crippen molar-refractivity contribution in [3.05, 3.63) is 29.8 Å². The largest absolute Gasteiger partial charge is 0.340 e. The lowest BCUT2D eigenvalue weighted by Crippen LogP contribution is -2.48. The van der Waals surface area contributed by atoms with Gasteiger partial charge in [0.15, 0.2) is 0 Å². The van der Waals surface area contributed by atoms with Gasteiger partial charge in [0.2, 0.25) is 11.8 Å². The predicted octanol–water partition coefficient (Wildman–Crippen LogP) is 1.88. The fraction of sp³-hybridized carbons (Fsp3) is 0.579. The molecule has 0 bridgehead atoms. The van der Waals surface area contributed by atoms with E-state index in [1.54, 1.807) is 6.92 Å². The highest BCUT2D eigenvalue weighted by Gasteiger charge is 2.27. The number of rotatable bonds is 6. The number of hydrogen-bond donors (Lipinski definition) is 2. The summed E-state index contributed by atoms with van der Waals surface area (Å²) in [7, 11) is 2.07. The molecule has 0 spiro atoms. The summed E-state index contributed by atoms with van der Waals surface area (Å²) in [4.78, 5) is 28.9. The fourth-order valence-corrected chi connectivity index (χ4v) is 3.01. The number of amides is 2. The Kier molecular flexibility index (Phi) is 8.53. The maximum atomic E-state index is 12.5. The van der Waals surface area contributed by atoms with Crippen molar-refractivity contribution >= 4 is 29.9 Å². The molecule has 1 aliphatic heterocycles. The summed E-state index contributed by atoms with van der Waals surface area (Å²) < 4.78 is 0. The van der Waals surface area contributed by atoms with E-state index < -0.39 is 5.54 Å². The Morgan fingerprint density at radius 3 is 2.50 bits per heavy atom. The smallest absolute Gasteiger partial charge is 0.244 e. The normalized spacial score (nSPS) is 17.2. The highest BCUT2D eigenvalue weighted by atomic mass is 35.5. The Morgan fingerprint density at radius 1 is 1.23 bits per heavy atom. The van der Waals surface area contributed by atoms with Gasteiger partial charge in [0, 0.05) is 31.9 Å². The van der Waals surface area contributed by atoms with Crippen LogP contribution in [0, 0.1) is 0 Å². The third-order valence-corrected chi connectivity index (χ3v) is 4.68. The number of benzene rings is 1. The molecule has 7 heteroatoms. The van der Waals surface area contributed by atoms with Crippen molar-refractivity contribution in [2.45, 2.75) is 38.6 Å². The molecule has 1 fully saturated rings. The molecule has 1 saturated heterocycles. The number of hydrogen-bond acceptors (Lipinski definition) is 4. The minimum atomic E-state index is -0.888. The van der Waals surface area contributed by atoms with Crippen LogP contribution in [0.3, 0.4) is 0 Å². The highest BCUT2D eigenvalue weighted by Crippen LogP contribution is 2.16. The van der Waals surface area contributed by atoms with Crippen LogP contribution in [0.1, 0.15) is 32.3 Å². The third-order valence-electron chi connectivity index (χ3n) is 4.68. The number of nitrogens with one attached hydrogen (secondary N) is 1. The first-order valence-corrected chi connectivity index (χ1v) is 8.97. The van der Waals surface area contributed by atoms with Crippen LogP contribution >= 0.6 is 12.4 Å². The minimum Gasteiger partial charge on any atom is -0.340 e. The van der Waals surface area contributed by atoms with Crippen molar-refractivity contribution in [3.8, 4) is 0 Å². The van der Waals surface area contributed by atoms with E-state index in [0.29, 0.717) is 18.5 Å². The molecule has 1 atom stereocenters. The number of piperazine rings is 1. The molecule has 2 rings (SSSR count). The number of nitrogens with zero attached hydrogens (tertiary/aromatic N) is 2. The molecule has 6 nitrogen and oxygen atoms in total. The van der Waals surface area contributed by atoms with E-state index in [1.165, 1.54) is 0 Å². The van der Waals surface area contributed by atoms with Crippen molar-refractivity contribution in [3.63, 3.8) is 0 Å². The Labute approximate surface area is 162 Å². The van der Waals surface area contributed by atoms with Crippen molar-refractivity contribution in [2.24, 2.45) is 5.73 Å².